The SMILES string of the molecule is CC(C)N=c1scc(-c2ccccc2F)n1N=Cc1ccsc1. The van der Waals surface area contributed by atoms with Crippen LogP contribution in [0.1, 0.15) is 19.4 Å². The second-order valence-corrected chi connectivity index (χ2v) is 6.84. The van der Waals surface area contributed by atoms with E-state index in [0.29, 0.717) is 11.3 Å². The van der Waals surface area contributed by atoms with Crippen molar-refractivity contribution in [2.24, 2.45) is 10.1 Å². The molecular weight excluding hydrogens is 329 g/mol. The van der Waals surface area contributed by atoms with E-state index >= 15 is 0 Å². The summed E-state index contributed by atoms with van der Waals surface area (Å²) >= 11 is 3.08. The molecule has 118 valence electrons. The molecule has 23 heavy (non-hydrogen) atoms. The molecule has 0 aliphatic rings. The summed E-state index contributed by atoms with van der Waals surface area (Å²) in [5.74, 6) is -0.263. The number of thiophene rings is 1. The van der Waals surface area contributed by atoms with Crippen LogP contribution in [0.3, 0.4) is 0 Å². The smallest absolute Gasteiger partial charge is 0.206 e. The fourth-order valence-corrected chi connectivity index (χ4v) is 3.62. The van der Waals surface area contributed by atoms with Gasteiger partial charge in [0.15, 0.2) is 0 Å². The maximum Gasteiger partial charge on any atom is 0.206 e. The summed E-state index contributed by atoms with van der Waals surface area (Å²) in [4.78, 5) is 5.34. The van der Waals surface area contributed by atoms with Gasteiger partial charge in [0.2, 0.25) is 4.80 Å². The number of halogens is 1. The largest absolute Gasteiger partial charge is 0.255 e. The second kappa shape index (κ2) is 7.02. The number of hydrogen-bond acceptors (Lipinski definition) is 4. The third kappa shape index (κ3) is 3.65. The van der Waals surface area contributed by atoms with Crippen LogP contribution >= 0.6 is 22.7 Å². The van der Waals surface area contributed by atoms with Crippen LogP contribution in [0.15, 0.2) is 56.6 Å². The first kappa shape index (κ1) is 15.8. The van der Waals surface area contributed by atoms with E-state index in [9.17, 15) is 4.39 Å². The Hall–Kier alpha value is -2.05. The summed E-state index contributed by atoms with van der Waals surface area (Å²) in [5.41, 5.74) is 2.25. The van der Waals surface area contributed by atoms with Gasteiger partial charge in [-0.25, -0.2) is 9.07 Å². The molecule has 0 bridgehead atoms. The normalized spacial score (nSPS) is 12.6. The molecule has 0 fully saturated rings. The van der Waals surface area contributed by atoms with Crippen molar-refractivity contribution in [2.45, 2.75) is 19.9 Å². The Morgan fingerprint density at radius 2 is 2.00 bits per heavy atom. The number of thiazole rings is 1. The topological polar surface area (TPSA) is 29.6 Å². The van der Waals surface area contributed by atoms with Gasteiger partial charge in [0, 0.05) is 22.5 Å². The lowest BCUT2D eigenvalue weighted by Gasteiger charge is -2.05. The quantitative estimate of drug-likeness (QED) is 0.618. The van der Waals surface area contributed by atoms with Crippen molar-refractivity contribution < 1.29 is 4.39 Å². The van der Waals surface area contributed by atoms with Gasteiger partial charge < -0.3 is 0 Å². The molecule has 0 aliphatic carbocycles. The fraction of sp³-hybridized carbons (Fsp3) is 0.176. The van der Waals surface area contributed by atoms with E-state index in [1.54, 1.807) is 34.4 Å². The Balaban J connectivity index is 2.14. The van der Waals surface area contributed by atoms with Crippen molar-refractivity contribution in [1.29, 1.82) is 0 Å². The second-order valence-electron chi connectivity index (χ2n) is 5.22. The Bertz CT molecular complexity index is 873. The molecular formula is C17H16FN3S2. The molecule has 0 aliphatic heterocycles. The molecule has 3 nitrogen and oxygen atoms in total. The van der Waals surface area contributed by atoms with E-state index in [1.165, 1.54) is 17.4 Å². The van der Waals surface area contributed by atoms with Crippen molar-refractivity contribution >= 4 is 28.9 Å². The summed E-state index contributed by atoms with van der Waals surface area (Å²) in [5, 5.41) is 10.4. The molecule has 2 heterocycles. The van der Waals surface area contributed by atoms with Crippen molar-refractivity contribution in [3.63, 3.8) is 0 Å². The van der Waals surface area contributed by atoms with Gasteiger partial charge in [0.1, 0.15) is 5.82 Å². The summed E-state index contributed by atoms with van der Waals surface area (Å²) in [6.07, 6.45) is 1.77. The summed E-state index contributed by atoms with van der Waals surface area (Å²) in [6.45, 7) is 4.02. The highest BCUT2D eigenvalue weighted by Crippen LogP contribution is 2.23. The maximum atomic E-state index is 14.2. The van der Waals surface area contributed by atoms with Crippen LogP contribution in [0.25, 0.3) is 11.3 Å². The summed E-state index contributed by atoms with van der Waals surface area (Å²) < 4.78 is 15.9. The maximum absolute atomic E-state index is 14.2. The highest BCUT2D eigenvalue weighted by atomic mass is 32.1. The van der Waals surface area contributed by atoms with Crippen LogP contribution in [-0.4, -0.2) is 16.9 Å². The average Bonchev–Trinajstić information content (AvgIpc) is 3.15. The van der Waals surface area contributed by atoms with Gasteiger partial charge in [0.25, 0.3) is 0 Å². The minimum atomic E-state index is -0.263. The summed E-state index contributed by atoms with van der Waals surface area (Å²) in [7, 11) is 0. The van der Waals surface area contributed by atoms with Gasteiger partial charge in [-0.3, -0.25) is 4.99 Å². The minimum Gasteiger partial charge on any atom is -0.255 e. The molecule has 0 saturated carbocycles. The molecule has 0 spiro atoms. The fourth-order valence-electron chi connectivity index (χ4n) is 2.05. The highest BCUT2D eigenvalue weighted by molar-refractivity contribution is 7.08. The number of aromatic nitrogens is 1. The molecule has 0 saturated heterocycles. The Morgan fingerprint density at radius 1 is 1.17 bits per heavy atom. The van der Waals surface area contributed by atoms with Crippen LogP contribution < -0.4 is 4.80 Å². The zero-order valence-corrected chi connectivity index (χ0v) is 14.4. The van der Waals surface area contributed by atoms with Crippen LogP contribution in [-0.2, 0) is 0 Å². The van der Waals surface area contributed by atoms with Crippen molar-refractivity contribution in [1.82, 2.24) is 4.68 Å². The first-order chi connectivity index (χ1) is 11.1. The van der Waals surface area contributed by atoms with E-state index in [1.807, 2.05) is 42.1 Å². The number of hydrogen-bond donors (Lipinski definition) is 0. The van der Waals surface area contributed by atoms with E-state index in [4.69, 9.17) is 0 Å². The Morgan fingerprint density at radius 3 is 2.70 bits per heavy atom. The number of nitrogens with zero attached hydrogens (tertiary/aromatic N) is 3. The Labute approximate surface area is 142 Å². The molecule has 0 N–H and O–H groups in total. The molecule has 3 aromatic rings. The molecule has 0 amide bonds. The first-order valence-electron chi connectivity index (χ1n) is 7.21. The van der Waals surface area contributed by atoms with Crippen LogP contribution in [0.5, 0.6) is 0 Å². The minimum absolute atomic E-state index is 0.143. The average molecular weight is 345 g/mol. The monoisotopic (exact) mass is 345 g/mol. The molecule has 0 radical (unpaired) electrons. The molecule has 6 heteroatoms. The van der Waals surface area contributed by atoms with Crippen LogP contribution in [0.4, 0.5) is 4.39 Å². The van der Waals surface area contributed by atoms with Crippen molar-refractivity contribution in [2.75, 3.05) is 0 Å². The predicted octanol–water partition coefficient (Wildman–Crippen LogP) is 4.61. The molecule has 3 rings (SSSR count). The van der Waals surface area contributed by atoms with Crippen molar-refractivity contribution in [3.8, 4) is 11.3 Å². The zero-order valence-electron chi connectivity index (χ0n) is 12.8. The highest BCUT2D eigenvalue weighted by Gasteiger charge is 2.11. The van der Waals surface area contributed by atoms with Crippen molar-refractivity contribution in [3.05, 3.63) is 62.7 Å². The molecule has 0 unspecified atom stereocenters. The van der Waals surface area contributed by atoms with E-state index < -0.39 is 0 Å². The lowest BCUT2D eigenvalue weighted by Crippen LogP contribution is -2.14. The predicted molar refractivity (Wildman–Crippen MR) is 95.7 cm³/mol. The van der Waals surface area contributed by atoms with Gasteiger partial charge in [-0.05, 0) is 42.8 Å². The van der Waals surface area contributed by atoms with E-state index in [0.717, 1.165) is 10.4 Å². The van der Waals surface area contributed by atoms with Gasteiger partial charge in [-0.1, -0.05) is 12.1 Å². The van der Waals surface area contributed by atoms with Gasteiger partial charge in [0.05, 0.1) is 11.9 Å². The molecule has 1 aromatic carbocycles. The first-order valence-corrected chi connectivity index (χ1v) is 9.03. The molecule has 0 atom stereocenters. The molecule has 2 aromatic heterocycles. The van der Waals surface area contributed by atoms with Crippen LogP contribution in [0.2, 0.25) is 0 Å². The lowest BCUT2D eigenvalue weighted by atomic mass is 10.1. The van der Waals surface area contributed by atoms with Crippen LogP contribution in [0, 0.1) is 5.82 Å². The summed E-state index contributed by atoms with van der Waals surface area (Å²) in [6, 6.07) is 8.85. The number of rotatable bonds is 4. The lowest BCUT2D eigenvalue weighted by molar-refractivity contribution is 0.629. The third-order valence-corrected chi connectivity index (χ3v) is 4.60. The van der Waals surface area contributed by atoms with Gasteiger partial charge in [-0.15, -0.1) is 11.3 Å². The Kier molecular flexibility index (Phi) is 4.83. The third-order valence-electron chi connectivity index (χ3n) is 3.07. The number of benzene rings is 1. The zero-order chi connectivity index (χ0) is 16.2. The standard InChI is InChI=1S/C17H16FN3S2/c1-12(2)20-17-21(19-9-13-7-8-22-10-13)16(11-23-17)14-5-3-4-6-15(14)18/h3-12H,1-2H3. The van der Waals surface area contributed by atoms with Gasteiger partial charge in [-0.2, -0.15) is 16.4 Å². The van der Waals surface area contributed by atoms with E-state index in [2.05, 4.69) is 10.1 Å². The van der Waals surface area contributed by atoms with Gasteiger partial charge >= 0.3 is 0 Å². The van der Waals surface area contributed by atoms with E-state index in [-0.39, 0.29) is 11.9 Å².